The summed E-state index contributed by atoms with van der Waals surface area (Å²) >= 11 is 0. The second-order valence-electron chi connectivity index (χ2n) is 7.79. The lowest BCUT2D eigenvalue weighted by Gasteiger charge is -2.13. The molecule has 0 saturated heterocycles. The molecule has 0 spiro atoms. The van der Waals surface area contributed by atoms with Crippen LogP contribution in [0.15, 0.2) is 77.6 Å². The van der Waals surface area contributed by atoms with Crippen molar-refractivity contribution >= 4 is 22.6 Å². The molecule has 178 valence electrons. The molecular weight excluding hydrogens is 448 g/mol. The molecule has 4 aromatic rings. The minimum atomic E-state index is -0.663. The number of nitrogens with one attached hydrogen (secondary N) is 2. The molecule has 3 aromatic carbocycles. The van der Waals surface area contributed by atoms with Gasteiger partial charge in [-0.1, -0.05) is 54.6 Å². The SMILES string of the molecule is COc1cc(C)ccc1OCC(=O)NNC(=O)c1nn(Cc2ccccc2)c(=O)c2ccccc12. The van der Waals surface area contributed by atoms with Crippen LogP contribution in [0.4, 0.5) is 0 Å². The highest BCUT2D eigenvalue weighted by molar-refractivity contribution is 6.05. The van der Waals surface area contributed by atoms with Crippen LogP contribution in [-0.2, 0) is 11.3 Å². The largest absolute Gasteiger partial charge is 0.493 e. The maximum absolute atomic E-state index is 12.9. The molecule has 0 radical (unpaired) electrons. The smallest absolute Gasteiger partial charge is 0.290 e. The molecule has 0 aliphatic carbocycles. The van der Waals surface area contributed by atoms with E-state index < -0.39 is 11.8 Å². The fraction of sp³-hybridized carbons (Fsp3) is 0.154. The van der Waals surface area contributed by atoms with Crippen molar-refractivity contribution in [2.24, 2.45) is 0 Å². The van der Waals surface area contributed by atoms with Crippen LogP contribution < -0.4 is 25.9 Å². The minimum absolute atomic E-state index is 0.0116. The van der Waals surface area contributed by atoms with E-state index in [1.54, 1.807) is 36.4 Å². The summed E-state index contributed by atoms with van der Waals surface area (Å²) in [7, 11) is 1.51. The van der Waals surface area contributed by atoms with Crippen LogP contribution in [-0.4, -0.2) is 35.3 Å². The van der Waals surface area contributed by atoms with Gasteiger partial charge in [0.25, 0.3) is 17.4 Å². The number of aromatic nitrogens is 2. The number of fused-ring (bicyclic) bond motifs is 1. The number of carbonyl (C=O) groups is 2. The van der Waals surface area contributed by atoms with Crippen molar-refractivity contribution in [1.82, 2.24) is 20.6 Å². The quantitative estimate of drug-likeness (QED) is 0.400. The van der Waals surface area contributed by atoms with Crippen LogP contribution >= 0.6 is 0 Å². The van der Waals surface area contributed by atoms with E-state index in [0.717, 1.165) is 11.1 Å². The average molecular weight is 473 g/mol. The topological polar surface area (TPSA) is 112 Å². The molecule has 0 saturated carbocycles. The lowest BCUT2D eigenvalue weighted by Crippen LogP contribution is -2.44. The average Bonchev–Trinajstić information content (AvgIpc) is 2.88. The van der Waals surface area contributed by atoms with E-state index in [1.807, 2.05) is 43.3 Å². The van der Waals surface area contributed by atoms with E-state index in [4.69, 9.17) is 9.47 Å². The predicted octanol–water partition coefficient (Wildman–Crippen LogP) is 2.60. The number of methoxy groups -OCH3 is 1. The van der Waals surface area contributed by atoms with E-state index in [-0.39, 0.29) is 24.4 Å². The van der Waals surface area contributed by atoms with Gasteiger partial charge < -0.3 is 9.47 Å². The monoisotopic (exact) mass is 472 g/mol. The lowest BCUT2D eigenvalue weighted by atomic mass is 10.1. The zero-order valence-corrected chi connectivity index (χ0v) is 19.3. The Kier molecular flexibility index (Phi) is 7.06. The summed E-state index contributed by atoms with van der Waals surface area (Å²) in [6, 6.07) is 21.4. The highest BCUT2D eigenvalue weighted by atomic mass is 16.5. The standard InChI is InChI=1S/C26H24N4O5/c1-17-12-13-21(22(14-17)34-2)35-16-23(31)27-28-25(32)24-19-10-6-7-11-20(19)26(33)30(29-24)15-18-8-4-3-5-9-18/h3-14H,15-16H2,1-2H3,(H,27,31)(H,28,32). The van der Waals surface area contributed by atoms with Gasteiger partial charge in [0.1, 0.15) is 0 Å². The lowest BCUT2D eigenvalue weighted by molar-refractivity contribution is -0.123. The first-order valence-corrected chi connectivity index (χ1v) is 10.9. The van der Waals surface area contributed by atoms with Gasteiger partial charge in [0.2, 0.25) is 0 Å². The van der Waals surface area contributed by atoms with Gasteiger partial charge in [-0.25, -0.2) is 4.68 Å². The molecule has 9 nitrogen and oxygen atoms in total. The summed E-state index contributed by atoms with van der Waals surface area (Å²) in [6.45, 7) is 1.76. The van der Waals surface area contributed by atoms with Gasteiger partial charge in [-0.2, -0.15) is 5.10 Å². The molecule has 1 heterocycles. The molecule has 35 heavy (non-hydrogen) atoms. The van der Waals surface area contributed by atoms with Crippen molar-refractivity contribution in [1.29, 1.82) is 0 Å². The molecule has 0 atom stereocenters. The summed E-state index contributed by atoms with van der Waals surface area (Å²) in [5.41, 5.74) is 6.21. The molecule has 9 heteroatoms. The van der Waals surface area contributed by atoms with Crippen molar-refractivity contribution in [3.05, 3.63) is 100.0 Å². The molecule has 2 amide bonds. The Labute approximate surface area is 201 Å². The van der Waals surface area contributed by atoms with Crippen molar-refractivity contribution < 1.29 is 19.1 Å². The van der Waals surface area contributed by atoms with Crippen molar-refractivity contribution in [3.8, 4) is 11.5 Å². The van der Waals surface area contributed by atoms with E-state index in [0.29, 0.717) is 22.3 Å². The predicted molar refractivity (Wildman–Crippen MR) is 130 cm³/mol. The van der Waals surface area contributed by atoms with Crippen molar-refractivity contribution in [3.63, 3.8) is 0 Å². The maximum Gasteiger partial charge on any atom is 0.290 e. The number of hydrazine groups is 1. The van der Waals surface area contributed by atoms with Gasteiger partial charge in [-0.05, 0) is 36.2 Å². The molecule has 4 rings (SSSR count). The van der Waals surface area contributed by atoms with Gasteiger partial charge in [-0.15, -0.1) is 0 Å². The van der Waals surface area contributed by atoms with E-state index in [1.165, 1.54) is 11.8 Å². The summed E-state index contributed by atoms with van der Waals surface area (Å²) in [6.07, 6.45) is 0. The molecule has 0 aliphatic rings. The Morgan fingerprint density at radius 1 is 0.914 bits per heavy atom. The van der Waals surface area contributed by atoms with E-state index in [2.05, 4.69) is 16.0 Å². The van der Waals surface area contributed by atoms with Crippen LogP contribution in [0.25, 0.3) is 10.8 Å². The number of nitrogens with zero attached hydrogens (tertiary/aromatic N) is 2. The van der Waals surface area contributed by atoms with Crippen LogP contribution in [0.1, 0.15) is 21.6 Å². The van der Waals surface area contributed by atoms with Crippen LogP contribution in [0.2, 0.25) is 0 Å². The van der Waals surface area contributed by atoms with Crippen LogP contribution in [0.5, 0.6) is 11.5 Å². The summed E-state index contributed by atoms with van der Waals surface area (Å²) in [4.78, 5) is 38.1. The molecule has 1 aromatic heterocycles. The summed E-state index contributed by atoms with van der Waals surface area (Å²) in [5, 5.41) is 5.03. The molecule has 2 N–H and O–H groups in total. The number of hydrogen-bond acceptors (Lipinski definition) is 6. The highest BCUT2D eigenvalue weighted by Gasteiger charge is 2.18. The fourth-order valence-electron chi connectivity index (χ4n) is 3.53. The molecule has 0 aliphatic heterocycles. The second kappa shape index (κ2) is 10.5. The first kappa shape index (κ1) is 23.5. The summed E-state index contributed by atoms with van der Waals surface area (Å²) in [5.74, 6) is -0.342. The zero-order valence-electron chi connectivity index (χ0n) is 19.3. The van der Waals surface area contributed by atoms with E-state index in [9.17, 15) is 14.4 Å². The molecule has 0 unspecified atom stereocenters. The molecule has 0 bridgehead atoms. The van der Waals surface area contributed by atoms with Gasteiger partial charge >= 0.3 is 0 Å². The number of carbonyl (C=O) groups excluding carboxylic acids is 2. The highest BCUT2D eigenvalue weighted by Crippen LogP contribution is 2.27. The minimum Gasteiger partial charge on any atom is -0.493 e. The van der Waals surface area contributed by atoms with Gasteiger partial charge in [0, 0.05) is 5.39 Å². The van der Waals surface area contributed by atoms with E-state index >= 15 is 0 Å². The second-order valence-corrected chi connectivity index (χ2v) is 7.79. The number of rotatable bonds is 7. The van der Waals surface area contributed by atoms with Crippen molar-refractivity contribution in [2.45, 2.75) is 13.5 Å². The molecular formula is C26H24N4O5. The summed E-state index contributed by atoms with van der Waals surface area (Å²) < 4.78 is 12.0. The van der Waals surface area contributed by atoms with Crippen LogP contribution in [0, 0.1) is 6.92 Å². The first-order valence-electron chi connectivity index (χ1n) is 10.9. The van der Waals surface area contributed by atoms with Crippen molar-refractivity contribution in [2.75, 3.05) is 13.7 Å². The Balaban J connectivity index is 1.49. The Morgan fingerprint density at radius 2 is 1.63 bits per heavy atom. The number of ether oxygens (including phenoxy) is 2. The normalized spacial score (nSPS) is 10.6. The Bertz CT molecular complexity index is 1430. The molecule has 0 fully saturated rings. The Morgan fingerprint density at radius 3 is 2.37 bits per heavy atom. The number of benzene rings is 3. The number of aryl methyl sites for hydroxylation is 1. The third kappa shape index (κ3) is 5.47. The van der Waals surface area contributed by atoms with Gasteiger partial charge in [0.15, 0.2) is 23.8 Å². The van der Waals surface area contributed by atoms with Gasteiger partial charge in [-0.3, -0.25) is 25.2 Å². The fourth-order valence-corrected chi connectivity index (χ4v) is 3.53. The maximum atomic E-state index is 12.9. The van der Waals surface area contributed by atoms with Gasteiger partial charge in [0.05, 0.1) is 19.0 Å². The third-order valence-electron chi connectivity index (χ3n) is 5.25. The number of amides is 2. The number of hydrogen-bond donors (Lipinski definition) is 2. The first-order chi connectivity index (χ1) is 17.0. The third-order valence-corrected chi connectivity index (χ3v) is 5.25. The Hall–Kier alpha value is -4.66. The van der Waals surface area contributed by atoms with Crippen LogP contribution in [0.3, 0.4) is 0 Å². The zero-order chi connectivity index (χ0) is 24.8.